The molecule has 1 aromatic heterocycles. The summed E-state index contributed by atoms with van der Waals surface area (Å²) in [6, 6.07) is 8.30. The van der Waals surface area contributed by atoms with Gasteiger partial charge in [-0.3, -0.25) is 0 Å². The third-order valence-electron chi connectivity index (χ3n) is 4.24. The lowest BCUT2D eigenvalue weighted by molar-refractivity contribution is 0.0505. The molecule has 1 aromatic carbocycles. The van der Waals surface area contributed by atoms with Crippen molar-refractivity contribution in [3.8, 4) is 0 Å². The van der Waals surface area contributed by atoms with E-state index in [1.807, 2.05) is 26.7 Å². The Hall–Kier alpha value is 0.957. The summed E-state index contributed by atoms with van der Waals surface area (Å²) in [5, 5.41) is 0. The largest absolute Gasteiger partial charge is 0.503 e. The van der Waals surface area contributed by atoms with E-state index >= 15 is 0 Å². The van der Waals surface area contributed by atoms with Gasteiger partial charge in [0.05, 0.1) is 10.2 Å². The zero-order valence-electron chi connectivity index (χ0n) is 18.7. The van der Waals surface area contributed by atoms with E-state index in [9.17, 15) is 0 Å². The maximum Gasteiger partial charge on any atom is 0.503 e. The lowest BCUT2D eigenvalue weighted by Gasteiger charge is -2.34. The minimum atomic E-state index is -2.64. The molecule has 1 atom stereocenters. The molecule has 0 spiro atoms. The SMILES string of the molecule is CCCO[Si](OCCC)(OCCC)C(C)CCSSSSSc1nc2ccccc2s1. The van der Waals surface area contributed by atoms with E-state index in [2.05, 4.69) is 50.9 Å². The van der Waals surface area contributed by atoms with Gasteiger partial charge in [0, 0.05) is 31.1 Å². The Kier molecular flexibility index (Phi) is 15.1. The number of hydrogen-bond acceptors (Lipinski definition) is 10. The van der Waals surface area contributed by atoms with Crippen LogP contribution in [0.1, 0.15) is 53.4 Å². The molecule has 1 unspecified atom stereocenters. The molecular weight excluding hydrogens is 523 g/mol. The number of benzene rings is 1. The normalized spacial score (nSPS) is 13.2. The fraction of sp³-hybridized carbons (Fsp3) is 0.650. The molecule has 0 radical (unpaired) electrons. The van der Waals surface area contributed by atoms with Gasteiger partial charge in [-0.2, -0.15) is 0 Å². The van der Waals surface area contributed by atoms with Crippen molar-refractivity contribution in [3.63, 3.8) is 0 Å². The predicted octanol–water partition coefficient (Wildman–Crippen LogP) is 8.98. The van der Waals surface area contributed by atoms with Crippen molar-refractivity contribution in [2.75, 3.05) is 25.6 Å². The van der Waals surface area contributed by atoms with Crippen LogP contribution in [0, 0.1) is 0 Å². The van der Waals surface area contributed by atoms with E-state index in [0.29, 0.717) is 25.4 Å². The van der Waals surface area contributed by atoms with Crippen LogP contribution < -0.4 is 0 Å². The minimum absolute atomic E-state index is 0.306. The van der Waals surface area contributed by atoms with Gasteiger partial charge in [0.1, 0.15) is 0 Å². The molecular formula is C20H33NO3S6Si. The van der Waals surface area contributed by atoms with Crippen molar-refractivity contribution in [1.29, 1.82) is 0 Å². The Labute approximate surface area is 211 Å². The molecule has 11 heteroatoms. The van der Waals surface area contributed by atoms with Crippen molar-refractivity contribution < 1.29 is 13.3 Å². The molecule has 2 aromatic rings. The van der Waals surface area contributed by atoms with Crippen molar-refractivity contribution >= 4 is 81.4 Å². The molecule has 0 N–H and O–H groups in total. The fourth-order valence-electron chi connectivity index (χ4n) is 2.68. The highest BCUT2D eigenvalue weighted by Gasteiger charge is 2.46. The van der Waals surface area contributed by atoms with Crippen LogP contribution in [-0.2, 0) is 13.3 Å². The zero-order chi connectivity index (χ0) is 22.4. The molecule has 0 bridgehead atoms. The molecule has 0 aliphatic rings. The van der Waals surface area contributed by atoms with Crippen LogP contribution in [0.25, 0.3) is 10.2 Å². The molecule has 0 fully saturated rings. The van der Waals surface area contributed by atoms with Crippen LogP contribution in [-0.4, -0.2) is 39.4 Å². The summed E-state index contributed by atoms with van der Waals surface area (Å²) >= 11 is 1.76. The quantitative estimate of drug-likeness (QED) is 0.102. The van der Waals surface area contributed by atoms with Gasteiger partial charge in [0.25, 0.3) is 0 Å². The Morgan fingerprint density at radius 1 is 0.935 bits per heavy atom. The first-order valence-electron chi connectivity index (χ1n) is 10.7. The molecule has 0 amide bonds. The average molecular weight is 556 g/mol. The molecule has 4 nitrogen and oxygen atoms in total. The standard InChI is InChI=1S/C20H33NO3S6Si/c1-5-13-22-31(23-14-6-2,24-15-7-3)17(4)12-16-25-28-30-29-27-20-21-18-10-8-9-11-19(18)26-20/h8-11,17H,5-7,12-16H2,1-4H3. The first-order valence-corrected chi connectivity index (χ1v) is 19.7. The van der Waals surface area contributed by atoms with Gasteiger partial charge in [-0.15, -0.1) is 11.3 Å². The summed E-state index contributed by atoms with van der Waals surface area (Å²) in [4.78, 5) is 4.66. The summed E-state index contributed by atoms with van der Waals surface area (Å²) in [5.74, 6) is 1.06. The van der Waals surface area contributed by atoms with Crippen LogP contribution in [0.5, 0.6) is 0 Å². The maximum atomic E-state index is 6.27. The number of nitrogens with zero attached hydrogens (tertiary/aromatic N) is 1. The van der Waals surface area contributed by atoms with Gasteiger partial charge in [-0.1, -0.05) is 50.6 Å². The Balaban J connectivity index is 1.70. The second-order valence-corrected chi connectivity index (χ2v) is 19.0. The molecule has 0 saturated heterocycles. The summed E-state index contributed by atoms with van der Waals surface area (Å²) in [6.07, 6.45) is 3.99. The van der Waals surface area contributed by atoms with Crippen molar-refractivity contribution in [2.24, 2.45) is 0 Å². The molecule has 2 rings (SSSR count). The molecule has 0 aliphatic carbocycles. The Morgan fingerprint density at radius 2 is 1.58 bits per heavy atom. The van der Waals surface area contributed by atoms with Crippen LogP contribution in [0.4, 0.5) is 0 Å². The summed E-state index contributed by atoms with van der Waals surface area (Å²) in [5.41, 5.74) is 1.39. The third-order valence-corrected chi connectivity index (χ3v) is 17.4. The number of thiazole rings is 1. The first kappa shape index (κ1) is 28.2. The summed E-state index contributed by atoms with van der Waals surface area (Å²) < 4.78 is 21.2. The lowest BCUT2D eigenvalue weighted by Crippen LogP contribution is -2.50. The Morgan fingerprint density at radius 3 is 2.19 bits per heavy atom. The van der Waals surface area contributed by atoms with E-state index in [0.717, 1.165) is 41.3 Å². The van der Waals surface area contributed by atoms with Crippen LogP contribution in [0.15, 0.2) is 28.6 Å². The number of hydrogen-bond donors (Lipinski definition) is 0. The van der Waals surface area contributed by atoms with Crippen molar-refractivity contribution in [2.45, 2.75) is 63.3 Å². The van der Waals surface area contributed by atoms with Gasteiger partial charge in [0.15, 0.2) is 4.34 Å². The van der Waals surface area contributed by atoms with E-state index in [1.165, 1.54) is 4.70 Å². The third kappa shape index (κ3) is 10.00. The highest BCUT2D eigenvalue weighted by molar-refractivity contribution is 9.35. The maximum absolute atomic E-state index is 6.27. The van der Waals surface area contributed by atoms with Crippen LogP contribution in [0.2, 0.25) is 5.54 Å². The van der Waals surface area contributed by atoms with Gasteiger partial charge in [-0.05, 0) is 78.1 Å². The van der Waals surface area contributed by atoms with Crippen LogP contribution >= 0.6 is 62.4 Å². The van der Waals surface area contributed by atoms with Gasteiger partial charge < -0.3 is 13.3 Å². The number of aromatic nitrogens is 1. The van der Waals surface area contributed by atoms with Crippen molar-refractivity contribution in [1.82, 2.24) is 4.98 Å². The second kappa shape index (κ2) is 16.6. The molecule has 0 aliphatic heterocycles. The molecule has 1 heterocycles. The van der Waals surface area contributed by atoms with E-state index in [4.69, 9.17) is 13.3 Å². The molecule has 0 saturated carbocycles. The summed E-state index contributed by atoms with van der Waals surface area (Å²) in [6.45, 7) is 10.8. The average Bonchev–Trinajstić information content (AvgIpc) is 3.21. The number of para-hydroxylation sites is 1. The lowest BCUT2D eigenvalue weighted by atomic mass is 10.3. The Bertz CT molecular complexity index is 683. The smallest absolute Gasteiger partial charge is 0.373 e. The molecule has 176 valence electrons. The molecule has 31 heavy (non-hydrogen) atoms. The minimum Gasteiger partial charge on any atom is -0.373 e. The monoisotopic (exact) mass is 555 g/mol. The highest BCUT2D eigenvalue weighted by Crippen LogP contribution is 2.52. The van der Waals surface area contributed by atoms with Gasteiger partial charge in [0.2, 0.25) is 0 Å². The van der Waals surface area contributed by atoms with Crippen LogP contribution in [0.3, 0.4) is 0 Å². The predicted molar refractivity (Wildman–Crippen MR) is 149 cm³/mol. The van der Waals surface area contributed by atoms with Gasteiger partial charge in [-0.25, -0.2) is 4.98 Å². The van der Waals surface area contributed by atoms with E-state index in [1.54, 1.807) is 41.8 Å². The van der Waals surface area contributed by atoms with E-state index in [-0.39, 0.29) is 0 Å². The number of rotatable bonds is 18. The van der Waals surface area contributed by atoms with Crippen molar-refractivity contribution in [3.05, 3.63) is 24.3 Å². The number of fused-ring (bicyclic) bond motifs is 1. The summed E-state index contributed by atoms with van der Waals surface area (Å²) in [7, 11) is 6.40. The van der Waals surface area contributed by atoms with Gasteiger partial charge >= 0.3 is 8.80 Å². The van der Waals surface area contributed by atoms with E-state index < -0.39 is 8.80 Å². The zero-order valence-corrected chi connectivity index (χ0v) is 24.6. The second-order valence-electron chi connectivity index (χ2n) is 6.90. The fourth-order valence-corrected chi connectivity index (χ4v) is 16.2. The topological polar surface area (TPSA) is 40.6 Å². The highest BCUT2D eigenvalue weighted by atomic mass is 33.8. The first-order chi connectivity index (χ1) is 15.1.